The number of ether oxygens (including phenoxy) is 1. The van der Waals surface area contributed by atoms with Gasteiger partial charge in [0.05, 0.1) is 22.5 Å². The molecule has 44 heavy (non-hydrogen) atoms. The minimum absolute atomic E-state index is 0.0895. The van der Waals surface area contributed by atoms with Crippen molar-refractivity contribution < 1.29 is 35.5 Å². The van der Waals surface area contributed by atoms with Crippen LogP contribution in [0, 0.1) is 11.3 Å². The van der Waals surface area contributed by atoms with Gasteiger partial charge >= 0.3 is 17.1 Å². The Morgan fingerprint density at radius 1 is 0.955 bits per heavy atom. The summed E-state index contributed by atoms with van der Waals surface area (Å²) in [6, 6.07) is 7.16. The van der Waals surface area contributed by atoms with E-state index in [4.69, 9.17) is 9.15 Å². The van der Waals surface area contributed by atoms with Gasteiger partial charge in [0.1, 0.15) is 5.58 Å². The molecule has 0 saturated heterocycles. The van der Waals surface area contributed by atoms with Gasteiger partial charge in [-0.15, -0.1) is 0 Å². The molecule has 0 amide bonds. The molecule has 0 fully saturated rings. The molecule has 0 saturated carbocycles. The van der Waals surface area contributed by atoms with Gasteiger partial charge in [0.15, 0.2) is 0 Å². The van der Waals surface area contributed by atoms with E-state index in [0.717, 1.165) is 94.2 Å². The van der Waals surface area contributed by atoms with Crippen molar-refractivity contribution in [2.45, 2.75) is 102 Å². The fraction of sp³-hybridized carbons (Fsp3) is 0.545. The molecule has 7 nitrogen and oxygen atoms in total. The Hall–Kier alpha value is -3.21. The summed E-state index contributed by atoms with van der Waals surface area (Å²) >= 11 is 0. The third-order valence-electron chi connectivity index (χ3n) is 7.66. The van der Waals surface area contributed by atoms with Crippen molar-refractivity contribution in [3.05, 3.63) is 58.7 Å². The number of sulfone groups is 1. The minimum atomic E-state index is -5.48. The summed E-state index contributed by atoms with van der Waals surface area (Å²) in [4.78, 5) is 28.5. The molecule has 2 aromatic heterocycles. The third kappa shape index (κ3) is 9.64. The van der Waals surface area contributed by atoms with Crippen LogP contribution in [0.1, 0.15) is 91.2 Å². The van der Waals surface area contributed by atoms with Crippen LogP contribution >= 0.6 is 0 Å². The Labute approximate surface area is 257 Å². The van der Waals surface area contributed by atoms with Crippen LogP contribution in [0.4, 0.5) is 13.2 Å². The Kier molecular flexibility index (Phi) is 12.2. The normalized spacial score (nSPS) is 12.6. The summed E-state index contributed by atoms with van der Waals surface area (Å²) in [5.41, 5.74) is -5.09. The maximum atomic E-state index is 12.8. The van der Waals surface area contributed by atoms with E-state index in [-0.39, 0.29) is 17.1 Å². The molecule has 0 spiro atoms. The maximum Gasteiger partial charge on any atom is 0.501 e. The first-order chi connectivity index (χ1) is 20.6. The second-order valence-electron chi connectivity index (χ2n) is 12.3. The van der Waals surface area contributed by atoms with Gasteiger partial charge in [-0.05, 0) is 75.6 Å². The minimum Gasteiger partial charge on any atom is -0.465 e. The summed E-state index contributed by atoms with van der Waals surface area (Å²) in [6.07, 6.45) is 11.2. The molecular weight excluding hydrogens is 595 g/mol. The molecule has 0 N–H and O–H groups in total. The highest BCUT2D eigenvalue weighted by atomic mass is 32.2. The number of nitrogens with zero attached hydrogens (tertiary/aromatic N) is 1. The maximum absolute atomic E-state index is 12.8. The molecule has 0 atom stereocenters. The lowest BCUT2D eigenvalue weighted by Gasteiger charge is -2.23. The Morgan fingerprint density at radius 3 is 2.18 bits per heavy atom. The van der Waals surface area contributed by atoms with Crippen LogP contribution < -0.4 is 5.63 Å². The van der Waals surface area contributed by atoms with Gasteiger partial charge in [-0.3, -0.25) is 9.78 Å². The van der Waals surface area contributed by atoms with Crippen LogP contribution in [0.5, 0.6) is 0 Å². The van der Waals surface area contributed by atoms with Crippen LogP contribution in [0.25, 0.3) is 22.1 Å². The zero-order valence-electron chi connectivity index (χ0n) is 25.8. The number of benzene rings is 1. The van der Waals surface area contributed by atoms with Crippen LogP contribution in [0.15, 0.2) is 56.7 Å². The number of halogens is 3. The lowest BCUT2D eigenvalue weighted by molar-refractivity contribution is -0.154. The van der Waals surface area contributed by atoms with E-state index in [1.165, 1.54) is 6.07 Å². The standard InChI is InChI=1S/C33H42F3NO6S/c1-23(2)17-18-32(3,4)31(39)42-19-11-9-7-5-6-8-10-12-26-21-29-25(22-37-26)20-28(30(38)43-29)24-13-15-27(16-14-24)44(40,41)33(34,35)36/h13-16,20-23H,5-12,17-19H2,1-4H3. The molecule has 3 aromatic rings. The first-order valence-corrected chi connectivity index (χ1v) is 16.6. The Morgan fingerprint density at radius 2 is 1.57 bits per heavy atom. The van der Waals surface area contributed by atoms with Gasteiger partial charge in [0.2, 0.25) is 0 Å². The van der Waals surface area contributed by atoms with E-state index in [1.807, 2.05) is 13.8 Å². The largest absolute Gasteiger partial charge is 0.501 e. The number of hydrogen-bond acceptors (Lipinski definition) is 7. The molecule has 0 aliphatic heterocycles. The highest BCUT2D eigenvalue weighted by molar-refractivity contribution is 7.92. The van der Waals surface area contributed by atoms with Crippen molar-refractivity contribution in [3.8, 4) is 11.1 Å². The molecular formula is C33H42F3NO6S. The van der Waals surface area contributed by atoms with Crippen LogP contribution in [-0.4, -0.2) is 31.5 Å². The quantitative estimate of drug-likeness (QED) is 0.115. The highest BCUT2D eigenvalue weighted by Crippen LogP contribution is 2.31. The monoisotopic (exact) mass is 637 g/mol. The van der Waals surface area contributed by atoms with Crippen molar-refractivity contribution >= 4 is 26.8 Å². The van der Waals surface area contributed by atoms with Crippen molar-refractivity contribution in [2.24, 2.45) is 11.3 Å². The summed E-state index contributed by atoms with van der Waals surface area (Å²) in [7, 11) is -5.48. The van der Waals surface area contributed by atoms with Crippen molar-refractivity contribution in [2.75, 3.05) is 6.61 Å². The average Bonchev–Trinajstić information content (AvgIpc) is 2.96. The Balaban J connectivity index is 1.41. The SMILES string of the molecule is CC(C)CCC(C)(C)C(=O)OCCCCCCCCCc1cc2oc(=O)c(-c3ccc(S(=O)(=O)C(F)(F)F)cc3)cc2cn1. The van der Waals surface area contributed by atoms with E-state index in [1.54, 1.807) is 12.3 Å². The molecule has 3 rings (SSSR count). The highest BCUT2D eigenvalue weighted by Gasteiger charge is 2.46. The number of fused-ring (bicyclic) bond motifs is 1. The lowest BCUT2D eigenvalue weighted by Crippen LogP contribution is -2.27. The smallest absolute Gasteiger partial charge is 0.465 e. The van der Waals surface area contributed by atoms with E-state index in [0.29, 0.717) is 23.5 Å². The van der Waals surface area contributed by atoms with Gasteiger partial charge in [0, 0.05) is 23.3 Å². The average molecular weight is 638 g/mol. The molecule has 242 valence electrons. The topological polar surface area (TPSA) is 104 Å². The number of carbonyl (C=O) groups is 1. The molecule has 0 radical (unpaired) electrons. The second-order valence-corrected chi connectivity index (χ2v) is 14.3. The van der Waals surface area contributed by atoms with Crippen molar-refractivity contribution in [1.82, 2.24) is 4.98 Å². The van der Waals surface area contributed by atoms with Crippen molar-refractivity contribution in [1.29, 1.82) is 0 Å². The third-order valence-corrected chi connectivity index (χ3v) is 9.17. The summed E-state index contributed by atoms with van der Waals surface area (Å²) in [6.45, 7) is 8.67. The van der Waals surface area contributed by atoms with Crippen LogP contribution in [-0.2, 0) is 25.8 Å². The lowest BCUT2D eigenvalue weighted by atomic mass is 9.85. The summed E-state index contributed by atoms with van der Waals surface area (Å²) in [5.74, 6) is 0.450. The number of hydrogen-bond donors (Lipinski definition) is 0. The predicted molar refractivity (Wildman–Crippen MR) is 164 cm³/mol. The number of unbranched alkanes of at least 4 members (excludes halogenated alkanes) is 6. The van der Waals surface area contributed by atoms with Gasteiger partial charge in [-0.2, -0.15) is 13.2 Å². The van der Waals surface area contributed by atoms with E-state index >= 15 is 0 Å². The van der Waals surface area contributed by atoms with Crippen LogP contribution in [0.2, 0.25) is 0 Å². The fourth-order valence-electron chi connectivity index (χ4n) is 4.74. The van der Waals surface area contributed by atoms with Crippen LogP contribution in [0.3, 0.4) is 0 Å². The molecule has 2 heterocycles. The van der Waals surface area contributed by atoms with Gasteiger partial charge < -0.3 is 9.15 Å². The predicted octanol–water partition coefficient (Wildman–Crippen LogP) is 8.43. The van der Waals surface area contributed by atoms with E-state index in [2.05, 4.69) is 18.8 Å². The molecule has 0 aliphatic carbocycles. The molecule has 0 unspecified atom stereocenters. The number of pyridine rings is 1. The molecule has 0 bridgehead atoms. The number of aromatic nitrogens is 1. The van der Waals surface area contributed by atoms with Crippen molar-refractivity contribution in [3.63, 3.8) is 0 Å². The number of carbonyl (C=O) groups excluding carboxylic acids is 1. The van der Waals surface area contributed by atoms with Gasteiger partial charge in [0.25, 0.3) is 9.84 Å². The number of aryl methyl sites for hydroxylation is 1. The Bertz CT molecular complexity index is 1560. The number of alkyl halides is 3. The first kappa shape index (κ1) is 35.3. The zero-order chi connectivity index (χ0) is 32.5. The van der Waals surface area contributed by atoms with E-state index < -0.39 is 31.3 Å². The molecule has 1 aromatic carbocycles. The molecule has 11 heteroatoms. The summed E-state index contributed by atoms with van der Waals surface area (Å²) in [5, 5.41) is 0.542. The molecule has 0 aliphatic rings. The first-order valence-electron chi connectivity index (χ1n) is 15.1. The van der Waals surface area contributed by atoms with E-state index in [9.17, 15) is 31.2 Å². The number of esters is 1. The van der Waals surface area contributed by atoms with Gasteiger partial charge in [-0.25, -0.2) is 13.2 Å². The fourth-order valence-corrected chi connectivity index (χ4v) is 5.50. The van der Waals surface area contributed by atoms with Gasteiger partial charge in [-0.1, -0.05) is 58.1 Å². The zero-order valence-corrected chi connectivity index (χ0v) is 26.7. The second kappa shape index (κ2) is 15.2. The summed E-state index contributed by atoms with van der Waals surface area (Å²) < 4.78 is 72.6. The number of rotatable bonds is 16.